The maximum absolute atomic E-state index is 13.7. The summed E-state index contributed by atoms with van der Waals surface area (Å²) in [7, 11) is 0. The SMILES string of the molecule is Cc1cc(=O)c(OCc2ccccc2)cn1CC(=O)Nc1ccc(F)cc1F. The van der Waals surface area contributed by atoms with Crippen LogP contribution in [0.25, 0.3) is 0 Å². The van der Waals surface area contributed by atoms with Crippen molar-refractivity contribution in [3.8, 4) is 5.75 Å². The van der Waals surface area contributed by atoms with Gasteiger partial charge in [0.05, 0.1) is 11.9 Å². The zero-order chi connectivity index (χ0) is 20.1. The molecule has 0 radical (unpaired) electrons. The summed E-state index contributed by atoms with van der Waals surface area (Å²) in [5, 5.41) is 2.38. The van der Waals surface area contributed by atoms with E-state index < -0.39 is 17.5 Å². The zero-order valence-electron chi connectivity index (χ0n) is 15.1. The van der Waals surface area contributed by atoms with Gasteiger partial charge in [-0.25, -0.2) is 8.78 Å². The molecule has 1 amide bonds. The molecule has 1 N–H and O–H groups in total. The molecule has 0 saturated heterocycles. The highest BCUT2D eigenvalue weighted by Gasteiger charge is 2.11. The lowest BCUT2D eigenvalue weighted by molar-refractivity contribution is -0.116. The third kappa shape index (κ3) is 4.82. The number of aromatic nitrogens is 1. The van der Waals surface area contributed by atoms with E-state index in [9.17, 15) is 18.4 Å². The first-order valence-corrected chi connectivity index (χ1v) is 8.55. The van der Waals surface area contributed by atoms with Gasteiger partial charge in [0.25, 0.3) is 0 Å². The number of ether oxygens (including phenoxy) is 1. The van der Waals surface area contributed by atoms with Gasteiger partial charge in [-0.15, -0.1) is 0 Å². The van der Waals surface area contributed by atoms with E-state index in [0.717, 1.165) is 17.7 Å². The van der Waals surface area contributed by atoms with Gasteiger partial charge in [0.1, 0.15) is 24.8 Å². The van der Waals surface area contributed by atoms with Gasteiger partial charge in [0, 0.05) is 17.8 Å². The lowest BCUT2D eigenvalue weighted by Crippen LogP contribution is -2.22. The van der Waals surface area contributed by atoms with Crippen molar-refractivity contribution in [1.29, 1.82) is 0 Å². The molecule has 3 rings (SSSR count). The van der Waals surface area contributed by atoms with Crippen LogP contribution >= 0.6 is 0 Å². The Morgan fingerprint density at radius 2 is 1.86 bits per heavy atom. The van der Waals surface area contributed by atoms with Crippen molar-refractivity contribution in [1.82, 2.24) is 4.57 Å². The highest BCUT2D eigenvalue weighted by Crippen LogP contribution is 2.15. The number of hydrogen-bond donors (Lipinski definition) is 1. The van der Waals surface area contributed by atoms with Gasteiger partial charge in [-0.2, -0.15) is 0 Å². The summed E-state index contributed by atoms with van der Waals surface area (Å²) in [6.07, 6.45) is 1.45. The summed E-state index contributed by atoms with van der Waals surface area (Å²) in [5.41, 5.74) is 1.03. The molecule has 7 heteroatoms. The monoisotopic (exact) mass is 384 g/mol. The highest BCUT2D eigenvalue weighted by atomic mass is 19.1. The largest absolute Gasteiger partial charge is 0.483 e. The number of nitrogens with one attached hydrogen (secondary N) is 1. The molecule has 144 valence electrons. The van der Waals surface area contributed by atoms with Crippen molar-refractivity contribution in [3.63, 3.8) is 0 Å². The van der Waals surface area contributed by atoms with Crippen LogP contribution in [0.1, 0.15) is 11.3 Å². The number of anilines is 1. The van der Waals surface area contributed by atoms with Crippen molar-refractivity contribution in [2.45, 2.75) is 20.1 Å². The molecule has 28 heavy (non-hydrogen) atoms. The molecule has 5 nitrogen and oxygen atoms in total. The van der Waals surface area contributed by atoms with Crippen LogP contribution in [0.15, 0.2) is 65.6 Å². The van der Waals surface area contributed by atoms with Crippen molar-refractivity contribution in [2.75, 3.05) is 5.32 Å². The van der Waals surface area contributed by atoms with E-state index in [1.165, 1.54) is 16.8 Å². The third-order valence-corrected chi connectivity index (χ3v) is 4.07. The van der Waals surface area contributed by atoms with Crippen molar-refractivity contribution in [2.24, 2.45) is 0 Å². The third-order valence-electron chi connectivity index (χ3n) is 4.07. The number of carbonyl (C=O) groups is 1. The van der Waals surface area contributed by atoms with Gasteiger partial charge in [-0.3, -0.25) is 9.59 Å². The van der Waals surface area contributed by atoms with Gasteiger partial charge in [0.2, 0.25) is 11.3 Å². The first-order chi connectivity index (χ1) is 13.4. The number of nitrogens with zero attached hydrogens (tertiary/aromatic N) is 1. The maximum Gasteiger partial charge on any atom is 0.244 e. The van der Waals surface area contributed by atoms with Gasteiger partial charge < -0.3 is 14.6 Å². The number of aryl methyl sites for hydroxylation is 1. The van der Waals surface area contributed by atoms with E-state index in [1.807, 2.05) is 30.3 Å². The number of hydrogen-bond acceptors (Lipinski definition) is 3. The fourth-order valence-corrected chi connectivity index (χ4v) is 2.60. The molecule has 0 unspecified atom stereocenters. The molecule has 0 atom stereocenters. The normalized spacial score (nSPS) is 10.5. The van der Waals surface area contributed by atoms with Crippen LogP contribution < -0.4 is 15.5 Å². The van der Waals surface area contributed by atoms with Gasteiger partial charge >= 0.3 is 0 Å². The summed E-state index contributed by atoms with van der Waals surface area (Å²) in [5.74, 6) is -2.01. The molecule has 0 fully saturated rings. The van der Waals surface area contributed by atoms with E-state index in [2.05, 4.69) is 5.32 Å². The summed E-state index contributed by atoms with van der Waals surface area (Å²) in [6.45, 7) is 1.73. The predicted octanol–water partition coefficient (Wildman–Crippen LogP) is 3.65. The average Bonchev–Trinajstić information content (AvgIpc) is 2.66. The first kappa shape index (κ1) is 19.3. The Morgan fingerprint density at radius 1 is 1.11 bits per heavy atom. The van der Waals surface area contributed by atoms with Crippen LogP contribution in [0.5, 0.6) is 5.75 Å². The zero-order valence-corrected chi connectivity index (χ0v) is 15.1. The molecule has 2 aromatic carbocycles. The Balaban J connectivity index is 1.72. The number of pyridine rings is 1. The Kier molecular flexibility index (Phi) is 5.84. The van der Waals surface area contributed by atoms with Crippen molar-refractivity contribution in [3.05, 3.63) is 93.9 Å². The number of amides is 1. The van der Waals surface area contributed by atoms with Gasteiger partial charge in [-0.1, -0.05) is 30.3 Å². The summed E-state index contributed by atoms with van der Waals surface area (Å²) in [4.78, 5) is 24.4. The van der Waals surface area contributed by atoms with Crippen LogP contribution in [0.3, 0.4) is 0 Å². The van der Waals surface area contributed by atoms with Gasteiger partial charge in [0.15, 0.2) is 5.75 Å². The molecule has 0 aliphatic rings. The Hall–Kier alpha value is -3.48. The van der Waals surface area contributed by atoms with Crippen molar-refractivity contribution >= 4 is 11.6 Å². The van der Waals surface area contributed by atoms with Crippen molar-refractivity contribution < 1.29 is 18.3 Å². The minimum absolute atomic E-state index is 0.107. The quantitative estimate of drug-likeness (QED) is 0.706. The summed E-state index contributed by atoms with van der Waals surface area (Å²) >= 11 is 0. The van der Waals surface area contributed by atoms with Crippen LogP contribution in [-0.4, -0.2) is 10.5 Å². The predicted molar refractivity (Wildman–Crippen MR) is 101 cm³/mol. The molecule has 0 aliphatic carbocycles. The van der Waals surface area contributed by atoms with Gasteiger partial charge in [-0.05, 0) is 24.6 Å². The number of halogens is 2. The first-order valence-electron chi connectivity index (χ1n) is 8.55. The Bertz CT molecular complexity index is 1050. The van der Waals surface area contributed by atoms with E-state index in [1.54, 1.807) is 6.92 Å². The standard InChI is InChI=1S/C21H18F2N2O3/c1-14-9-19(26)20(28-13-15-5-3-2-4-6-15)11-25(14)12-21(27)24-18-8-7-16(22)10-17(18)23/h2-11H,12-13H2,1H3,(H,24,27). The minimum Gasteiger partial charge on any atom is -0.483 e. The molecule has 1 aromatic heterocycles. The number of carbonyl (C=O) groups excluding carboxylic acids is 1. The molecular formula is C21H18F2N2O3. The summed E-state index contributed by atoms with van der Waals surface area (Å²) in [6, 6.07) is 13.6. The topological polar surface area (TPSA) is 60.3 Å². The van der Waals surface area contributed by atoms with Crippen LogP contribution in [0, 0.1) is 18.6 Å². The molecule has 0 saturated carbocycles. The average molecular weight is 384 g/mol. The fraction of sp³-hybridized carbons (Fsp3) is 0.143. The lowest BCUT2D eigenvalue weighted by atomic mass is 10.2. The molecule has 1 heterocycles. The number of rotatable bonds is 6. The second-order valence-electron chi connectivity index (χ2n) is 6.22. The molecule has 0 bridgehead atoms. The molecule has 0 aliphatic heterocycles. The second-order valence-corrected chi connectivity index (χ2v) is 6.22. The van der Waals surface area contributed by atoms with Crippen LogP contribution in [0.4, 0.5) is 14.5 Å². The summed E-state index contributed by atoms with van der Waals surface area (Å²) < 4.78 is 33.8. The van der Waals surface area contributed by atoms with E-state index in [4.69, 9.17) is 4.74 Å². The van der Waals surface area contributed by atoms with E-state index in [-0.39, 0.29) is 30.0 Å². The Labute approximate surface area is 160 Å². The molecular weight excluding hydrogens is 366 g/mol. The minimum atomic E-state index is -0.864. The number of benzene rings is 2. The van der Waals surface area contributed by atoms with E-state index >= 15 is 0 Å². The second kappa shape index (κ2) is 8.47. The van der Waals surface area contributed by atoms with Crippen LogP contribution in [0.2, 0.25) is 0 Å². The fourth-order valence-electron chi connectivity index (χ4n) is 2.60. The smallest absolute Gasteiger partial charge is 0.244 e. The lowest BCUT2D eigenvalue weighted by Gasteiger charge is -2.14. The maximum atomic E-state index is 13.7. The molecule has 3 aromatic rings. The highest BCUT2D eigenvalue weighted by molar-refractivity contribution is 5.90. The van der Waals surface area contributed by atoms with Crippen LogP contribution in [-0.2, 0) is 17.9 Å². The Morgan fingerprint density at radius 3 is 2.57 bits per heavy atom. The van der Waals surface area contributed by atoms with E-state index in [0.29, 0.717) is 11.8 Å². The molecule has 0 spiro atoms.